The molecule has 0 saturated carbocycles. The second kappa shape index (κ2) is 40.6. The summed E-state index contributed by atoms with van der Waals surface area (Å²) in [6.07, 6.45) is 47.5. The summed E-state index contributed by atoms with van der Waals surface area (Å²) >= 11 is 0. The summed E-state index contributed by atoms with van der Waals surface area (Å²) in [4.78, 5) is 25.2. The molecule has 0 aliphatic heterocycles. The Hall–Kier alpha value is -0.814. The Morgan fingerprint density at radius 1 is 0.491 bits per heavy atom. The van der Waals surface area contributed by atoms with Gasteiger partial charge in [-0.25, -0.2) is 18.0 Å². The molecule has 0 heterocycles. The monoisotopic (exact) mass is 841 g/mol. The van der Waals surface area contributed by atoms with E-state index >= 15 is 0 Å². The van der Waals surface area contributed by atoms with E-state index in [1.54, 1.807) is 0 Å². The van der Waals surface area contributed by atoms with Crippen LogP contribution < -0.4 is 51.4 Å². The van der Waals surface area contributed by atoms with Crippen LogP contribution in [0.25, 0.3) is 0 Å². The third-order valence-corrected chi connectivity index (χ3v) is 11.4. The number of hydrogen-bond acceptors (Lipinski definition) is 7. The first kappa shape index (κ1) is 56.2. The number of esters is 2. The predicted molar refractivity (Wildman–Crippen MR) is 232 cm³/mol. The minimum atomic E-state index is -5.02. The van der Waals surface area contributed by atoms with Gasteiger partial charge in [0.15, 0.2) is 0 Å². The average Bonchev–Trinajstić information content (AvgIpc) is 3.18. The van der Waals surface area contributed by atoms with Gasteiger partial charge in [0.2, 0.25) is 0 Å². The number of hydrogen-bond donors (Lipinski definition) is 0. The number of carbonyl (C=O) groups is 2. The Morgan fingerprint density at radius 2 is 0.807 bits per heavy atom. The fourth-order valence-corrected chi connectivity index (χ4v) is 7.69. The molecule has 1 rings (SSSR count). The molecule has 0 N–H and O–H groups in total. The Labute approximate surface area is 392 Å². The van der Waals surface area contributed by atoms with Gasteiger partial charge in [0, 0.05) is 0 Å². The number of ether oxygens (including phenoxy) is 2. The third kappa shape index (κ3) is 32.6. The summed E-state index contributed by atoms with van der Waals surface area (Å²) in [6.45, 7) is 4.75. The van der Waals surface area contributed by atoms with Gasteiger partial charge in [-0.15, -0.1) is 0 Å². The van der Waals surface area contributed by atoms with Crippen LogP contribution in [0, 0.1) is 0 Å². The number of rotatable bonds is 39. The smallest absolute Gasteiger partial charge is 0.744 e. The molecule has 57 heavy (non-hydrogen) atoms. The largest absolute Gasteiger partial charge is 1.00 e. The summed E-state index contributed by atoms with van der Waals surface area (Å²) in [5.74, 6) is -1.82. The van der Waals surface area contributed by atoms with Crippen molar-refractivity contribution >= 4 is 22.1 Å². The van der Waals surface area contributed by atoms with E-state index in [9.17, 15) is 22.6 Å². The second-order valence-electron chi connectivity index (χ2n) is 15.7. The van der Waals surface area contributed by atoms with Crippen LogP contribution in [0.3, 0.4) is 0 Å². The van der Waals surface area contributed by atoms with Crippen LogP contribution >= 0.6 is 0 Å². The van der Waals surface area contributed by atoms with Gasteiger partial charge < -0.3 is 14.0 Å². The van der Waals surface area contributed by atoms with Crippen molar-refractivity contribution in [1.29, 1.82) is 0 Å². The maximum Gasteiger partial charge on any atom is 1.00 e. The molecule has 0 aliphatic rings. The molecule has 1 aromatic carbocycles. The number of allylic oxidation sites excluding steroid dienone is 4. The number of carbonyl (C=O) groups excluding carboxylic acids is 2. The molecule has 0 unspecified atom stereocenters. The Kier molecular flexibility index (Phi) is 40.0. The molecule has 0 bridgehead atoms. The van der Waals surface area contributed by atoms with Crippen molar-refractivity contribution in [2.45, 2.75) is 224 Å². The molecule has 322 valence electrons. The van der Waals surface area contributed by atoms with Gasteiger partial charge >= 0.3 is 63.3 Å². The molecule has 9 heteroatoms. The van der Waals surface area contributed by atoms with Gasteiger partial charge in [0.1, 0.15) is 10.1 Å². The third-order valence-electron chi connectivity index (χ3n) is 10.5. The molecular weight excluding hydrogens is 760 g/mol. The molecule has 0 saturated heterocycles. The minimum Gasteiger partial charge on any atom is -0.744 e. The SMILES string of the molecule is CCCCCCCCC/C=C/CCCCCCCCCOC(=O)c1cccc(S(=O)(=O)[O-])c1C(=O)OCCCCCCCCC/C=C/CCCCCCCCC.[K+]. The zero-order valence-electron chi connectivity index (χ0n) is 36.8. The molecular formula is C48H81KO7S. The second-order valence-corrected chi connectivity index (χ2v) is 17.0. The summed E-state index contributed by atoms with van der Waals surface area (Å²) in [5, 5.41) is 0. The quantitative estimate of drug-likeness (QED) is 0.0213. The van der Waals surface area contributed by atoms with Crippen molar-refractivity contribution in [2.75, 3.05) is 13.2 Å². The molecule has 0 radical (unpaired) electrons. The standard InChI is InChI=1S/C48H82O7S.K/c1-3-5-7-9-11-13-15-17-19-21-23-25-27-29-31-33-35-37-42-54-47(49)44-40-39-41-45(56(51,52)53)46(44)48(50)55-43-38-36-34-32-30-28-26-24-22-20-18-16-14-12-10-8-6-4-2;/h19-22,39-41H,3-18,23-38,42-43H2,1-2H3,(H,51,52,53);/q;+1/p-1/b21-19+,22-20+;. The van der Waals surface area contributed by atoms with E-state index in [1.807, 2.05) is 0 Å². The number of unbranched alkanes of at least 4 members (excludes halogenated alkanes) is 28. The van der Waals surface area contributed by atoms with E-state index in [4.69, 9.17) is 9.47 Å². The van der Waals surface area contributed by atoms with Crippen molar-refractivity contribution in [3.63, 3.8) is 0 Å². The predicted octanol–water partition coefficient (Wildman–Crippen LogP) is 11.5. The van der Waals surface area contributed by atoms with Gasteiger partial charge in [0.25, 0.3) is 0 Å². The topological polar surface area (TPSA) is 110 Å². The van der Waals surface area contributed by atoms with E-state index in [0.29, 0.717) is 12.8 Å². The normalized spacial score (nSPS) is 11.7. The van der Waals surface area contributed by atoms with E-state index in [-0.39, 0.29) is 70.2 Å². The number of benzene rings is 1. The Bertz CT molecular complexity index is 1280. The van der Waals surface area contributed by atoms with Crippen molar-refractivity contribution in [2.24, 2.45) is 0 Å². The first-order chi connectivity index (χ1) is 27.3. The van der Waals surface area contributed by atoms with E-state index in [0.717, 1.165) is 57.4 Å². The van der Waals surface area contributed by atoms with E-state index in [2.05, 4.69) is 38.2 Å². The molecule has 0 amide bonds. The fraction of sp³-hybridized carbons (Fsp3) is 0.750. The molecule has 0 aliphatic carbocycles. The summed E-state index contributed by atoms with van der Waals surface area (Å²) in [7, 11) is -5.02. The zero-order chi connectivity index (χ0) is 40.8. The first-order valence-corrected chi connectivity index (χ1v) is 24.5. The van der Waals surface area contributed by atoms with Crippen molar-refractivity contribution in [1.82, 2.24) is 0 Å². The molecule has 7 nitrogen and oxygen atoms in total. The van der Waals surface area contributed by atoms with Gasteiger partial charge in [-0.05, 0) is 76.3 Å². The van der Waals surface area contributed by atoms with E-state index < -0.39 is 32.5 Å². The Balaban J connectivity index is 0.0000314. The summed E-state index contributed by atoms with van der Waals surface area (Å²) < 4.78 is 46.8. The van der Waals surface area contributed by atoms with Gasteiger partial charge in [-0.2, -0.15) is 0 Å². The first-order valence-electron chi connectivity index (χ1n) is 23.1. The van der Waals surface area contributed by atoms with Crippen LogP contribution in [0.15, 0.2) is 47.4 Å². The van der Waals surface area contributed by atoms with Crippen LogP contribution in [0.5, 0.6) is 0 Å². The van der Waals surface area contributed by atoms with Crippen LogP contribution in [0.4, 0.5) is 0 Å². The summed E-state index contributed by atoms with van der Waals surface area (Å²) in [5.41, 5.74) is -0.785. The van der Waals surface area contributed by atoms with Crippen LogP contribution in [0.2, 0.25) is 0 Å². The van der Waals surface area contributed by atoms with Crippen molar-refractivity contribution in [3.8, 4) is 0 Å². The maximum absolute atomic E-state index is 13.0. The van der Waals surface area contributed by atoms with Crippen LogP contribution in [-0.4, -0.2) is 38.1 Å². The Morgan fingerprint density at radius 3 is 1.16 bits per heavy atom. The molecule has 1 aromatic rings. The molecule has 0 atom stereocenters. The average molecular weight is 841 g/mol. The maximum atomic E-state index is 13.0. The molecule has 0 aromatic heterocycles. The van der Waals surface area contributed by atoms with Crippen LogP contribution in [0.1, 0.15) is 240 Å². The van der Waals surface area contributed by atoms with E-state index in [1.165, 1.54) is 153 Å². The molecule has 0 fully saturated rings. The minimum absolute atomic E-state index is 0. The van der Waals surface area contributed by atoms with Crippen molar-refractivity contribution in [3.05, 3.63) is 53.6 Å². The van der Waals surface area contributed by atoms with Gasteiger partial charge in [-0.1, -0.05) is 185 Å². The van der Waals surface area contributed by atoms with Crippen molar-refractivity contribution < 1.29 is 83.4 Å². The van der Waals surface area contributed by atoms with Crippen LogP contribution in [-0.2, 0) is 19.6 Å². The van der Waals surface area contributed by atoms with Gasteiger partial charge in [0.05, 0.1) is 29.2 Å². The summed E-state index contributed by atoms with van der Waals surface area (Å²) in [6, 6.07) is 3.62. The fourth-order valence-electron chi connectivity index (χ4n) is 7.01. The molecule has 0 spiro atoms. The van der Waals surface area contributed by atoms with Gasteiger partial charge in [-0.3, -0.25) is 0 Å². The zero-order valence-corrected chi connectivity index (χ0v) is 40.8.